The van der Waals surface area contributed by atoms with Crippen molar-refractivity contribution in [3.8, 4) is 0 Å². The molecule has 0 aliphatic carbocycles. The van der Waals surface area contributed by atoms with Crippen molar-refractivity contribution in [3.05, 3.63) is 22.2 Å². The average molecular weight is 191 g/mol. The number of carbonyl (C=O) groups excluding carboxylic acids is 1. The predicted molar refractivity (Wildman–Crippen MR) is 41.8 cm³/mol. The van der Waals surface area contributed by atoms with Gasteiger partial charge in [0.2, 0.25) is 5.28 Å². The Morgan fingerprint density at radius 1 is 1.55 bits per heavy atom. The van der Waals surface area contributed by atoms with Gasteiger partial charge in [-0.05, 0) is 11.6 Å². The number of hydrogen-bond donors (Lipinski definition) is 0. The predicted octanol–water partition coefficient (Wildman–Crippen LogP) is 1.52. The summed E-state index contributed by atoms with van der Waals surface area (Å²) in [5, 5.41) is 0.321. The Bertz CT molecular complexity index is 277. The molecule has 1 aromatic heterocycles. The first-order valence-corrected chi connectivity index (χ1v) is 3.60. The Balaban J connectivity index is 2.98. The van der Waals surface area contributed by atoms with Crippen LogP contribution in [0.1, 0.15) is 5.56 Å². The molecule has 0 atom stereocenters. The van der Waals surface area contributed by atoms with E-state index in [1.807, 2.05) is 0 Å². The first kappa shape index (κ1) is 8.43. The summed E-state index contributed by atoms with van der Waals surface area (Å²) in [7, 11) is 0. The molecule has 11 heavy (non-hydrogen) atoms. The van der Waals surface area contributed by atoms with Gasteiger partial charge in [-0.15, -0.1) is 0 Å². The lowest BCUT2D eigenvalue weighted by Crippen LogP contribution is -1.92. The van der Waals surface area contributed by atoms with Gasteiger partial charge in [0.25, 0.3) is 0 Å². The van der Waals surface area contributed by atoms with Gasteiger partial charge in [-0.3, -0.25) is 0 Å². The van der Waals surface area contributed by atoms with Gasteiger partial charge in [-0.25, -0.2) is 9.97 Å². The van der Waals surface area contributed by atoms with Crippen molar-refractivity contribution in [3.63, 3.8) is 0 Å². The highest BCUT2D eigenvalue weighted by Crippen LogP contribution is 2.13. The van der Waals surface area contributed by atoms with E-state index < -0.39 is 0 Å². The highest BCUT2D eigenvalue weighted by atomic mass is 35.5. The lowest BCUT2D eigenvalue weighted by atomic mass is 10.3. The van der Waals surface area contributed by atoms with Gasteiger partial charge in [0.05, 0.1) is 0 Å². The van der Waals surface area contributed by atoms with Crippen LogP contribution in [0, 0.1) is 0 Å². The molecule has 0 unspecified atom stereocenters. The van der Waals surface area contributed by atoms with Crippen LogP contribution in [-0.2, 0) is 11.2 Å². The number of hydrogen-bond acceptors (Lipinski definition) is 3. The van der Waals surface area contributed by atoms with Crippen LogP contribution in [0.2, 0.25) is 10.4 Å². The zero-order valence-electron chi connectivity index (χ0n) is 5.42. The van der Waals surface area contributed by atoms with Crippen LogP contribution < -0.4 is 0 Å². The molecule has 0 aromatic carbocycles. The molecule has 1 rings (SSSR count). The van der Waals surface area contributed by atoms with E-state index in [0.29, 0.717) is 5.56 Å². The van der Waals surface area contributed by atoms with E-state index in [0.717, 1.165) is 6.29 Å². The summed E-state index contributed by atoms with van der Waals surface area (Å²) in [6, 6.07) is 0. The third-order valence-electron chi connectivity index (χ3n) is 1.09. The zero-order valence-corrected chi connectivity index (χ0v) is 6.93. The second-order valence-corrected chi connectivity index (χ2v) is 2.52. The molecule has 0 aliphatic heterocycles. The minimum absolute atomic E-state index is 0.0876. The normalized spacial score (nSPS) is 9.64. The molecule has 0 saturated carbocycles. The quantitative estimate of drug-likeness (QED) is 0.404. The van der Waals surface area contributed by atoms with E-state index in [-0.39, 0.29) is 16.9 Å². The highest BCUT2D eigenvalue weighted by molar-refractivity contribution is 6.32. The van der Waals surface area contributed by atoms with E-state index in [1.165, 1.54) is 6.20 Å². The van der Waals surface area contributed by atoms with Crippen LogP contribution in [0.5, 0.6) is 0 Å². The zero-order chi connectivity index (χ0) is 8.27. The molecule has 3 nitrogen and oxygen atoms in total. The molecular weight excluding hydrogens is 187 g/mol. The van der Waals surface area contributed by atoms with Crippen molar-refractivity contribution < 1.29 is 4.79 Å². The second-order valence-electron chi connectivity index (χ2n) is 1.83. The molecule has 1 heterocycles. The van der Waals surface area contributed by atoms with Crippen molar-refractivity contribution in [2.75, 3.05) is 0 Å². The van der Waals surface area contributed by atoms with Crippen molar-refractivity contribution >= 4 is 29.5 Å². The van der Waals surface area contributed by atoms with Crippen molar-refractivity contribution in [1.82, 2.24) is 9.97 Å². The van der Waals surface area contributed by atoms with Gasteiger partial charge in [0, 0.05) is 18.2 Å². The summed E-state index contributed by atoms with van der Waals surface area (Å²) in [5.74, 6) is 0. The standard InChI is InChI=1S/C6H4Cl2N2O/c7-5-4(1-2-11)3-9-6(8)10-5/h2-3H,1H2. The van der Waals surface area contributed by atoms with Crippen LogP contribution in [0.4, 0.5) is 0 Å². The number of halogens is 2. The molecule has 0 N–H and O–H groups in total. The van der Waals surface area contributed by atoms with Gasteiger partial charge >= 0.3 is 0 Å². The molecule has 5 heteroatoms. The van der Waals surface area contributed by atoms with Crippen LogP contribution in [0.3, 0.4) is 0 Å². The van der Waals surface area contributed by atoms with Gasteiger partial charge < -0.3 is 4.79 Å². The van der Waals surface area contributed by atoms with Crippen LogP contribution in [-0.4, -0.2) is 16.3 Å². The lowest BCUT2D eigenvalue weighted by Gasteiger charge is -1.96. The Morgan fingerprint density at radius 3 is 2.82 bits per heavy atom. The lowest BCUT2D eigenvalue weighted by molar-refractivity contribution is -0.107. The molecule has 1 aromatic rings. The molecule has 0 fully saturated rings. The maximum absolute atomic E-state index is 10.1. The van der Waals surface area contributed by atoms with Crippen LogP contribution in [0.25, 0.3) is 0 Å². The number of nitrogens with zero attached hydrogens (tertiary/aromatic N) is 2. The van der Waals surface area contributed by atoms with Crippen LogP contribution >= 0.6 is 23.2 Å². The van der Waals surface area contributed by atoms with Crippen LogP contribution in [0.15, 0.2) is 6.20 Å². The smallest absolute Gasteiger partial charge is 0.223 e. The average Bonchev–Trinajstić information content (AvgIpc) is 1.95. The van der Waals surface area contributed by atoms with Gasteiger partial charge in [-0.1, -0.05) is 11.6 Å². The Kier molecular flexibility index (Phi) is 2.79. The van der Waals surface area contributed by atoms with Gasteiger partial charge in [0.1, 0.15) is 11.4 Å². The minimum Gasteiger partial charge on any atom is -0.303 e. The number of rotatable bonds is 2. The fourth-order valence-corrected chi connectivity index (χ4v) is 0.975. The van der Waals surface area contributed by atoms with E-state index in [2.05, 4.69) is 9.97 Å². The second kappa shape index (κ2) is 3.64. The van der Waals surface area contributed by atoms with E-state index in [9.17, 15) is 4.79 Å². The Hall–Kier alpha value is -0.670. The molecule has 0 spiro atoms. The maximum atomic E-state index is 10.1. The summed E-state index contributed by atoms with van der Waals surface area (Å²) in [6.45, 7) is 0. The van der Waals surface area contributed by atoms with E-state index in [1.54, 1.807) is 0 Å². The third kappa shape index (κ3) is 2.13. The SMILES string of the molecule is O=CCc1cnc(Cl)nc1Cl. The molecular formula is C6H4Cl2N2O. The van der Waals surface area contributed by atoms with E-state index >= 15 is 0 Å². The van der Waals surface area contributed by atoms with E-state index in [4.69, 9.17) is 23.2 Å². The summed E-state index contributed by atoms with van der Waals surface area (Å²) in [6.07, 6.45) is 2.39. The van der Waals surface area contributed by atoms with Gasteiger partial charge in [0.15, 0.2) is 0 Å². The summed E-state index contributed by atoms with van der Waals surface area (Å²) < 4.78 is 0. The molecule has 0 radical (unpaired) electrons. The van der Waals surface area contributed by atoms with Gasteiger partial charge in [-0.2, -0.15) is 0 Å². The van der Waals surface area contributed by atoms with Crippen molar-refractivity contribution in [1.29, 1.82) is 0 Å². The first-order chi connectivity index (χ1) is 5.24. The molecule has 0 aliphatic rings. The Morgan fingerprint density at radius 2 is 2.27 bits per heavy atom. The van der Waals surface area contributed by atoms with Crippen molar-refractivity contribution in [2.24, 2.45) is 0 Å². The Labute approximate surface area is 73.4 Å². The number of aldehydes is 1. The summed E-state index contributed by atoms with van der Waals surface area (Å²) in [5.41, 5.74) is 0.589. The molecule has 58 valence electrons. The summed E-state index contributed by atoms with van der Waals surface area (Å²) >= 11 is 11.0. The minimum atomic E-state index is 0.0876. The number of carbonyl (C=O) groups is 1. The highest BCUT2D eigenvalue weighted by Gasteiger charge is 2.01. The first-order valence-electron chi connectivity index (χ1n) is 2.84. The van der Waals surface area contributed by atoms with Crippen molar-refractivity contribution in [2.45, 2.75) is 6.42 Å². The third-order valence-corrected chi connectivity index (χ3v) is 1.59. The fourth-order valence-electron chi connectivity index (χ4n) is 0.593. The molecule has 0 amide bonds. The largest absolute Gasteiger partial charge is 0.303 e. The fraction of sp³-hybridized carbons (Fsp3) is 0.167. The summed E-state index contributed by atoms with van der Waals surface area (Å²) in [4.78, 5) is 17.4. The number of aromatic nitrogens is 2. The maximum Gasteiger partial charge on any atom is 0.223 e. The monoisotopic (exact) mass is 190 g/mol. The topological polar surface area (TPSA) is 42.9 Å². The molecule has 0 saturated heterocycles. The molecule has 0 bridgehead atoms.